The van der Waals surface area contributed by atoms with Gasteiger partial charge in [0.15, 0.2) is 6.29 Å². The zero-order valence-electron chi connectivity index (χ0n) is 14.0. The molecule has 7 heteroatoms. The van der Waals surface area contributed by atoms with Crippen molar-refractivity contribution in [2.45, 2.75) is 25.7 Å². The minimum Gasteiger partial charge on any atom is -0.350 e. The third kappa shape index (κ3) is 3.15. The lowest BCUT2D eigenvalue weighted by Gasteiger charge is -2.27. The number of benzene rings is 1. The molecule has 1 aromatic rings. The lowest BCUT2D eigenvalue weighted by Crippen LogP contribution is -2.47. The third-order valence-electron chi connectivity index (χ3n) is 4.46. The quantitative estimate of drug-likeness (QED) is 0.881. The van der Waals surface area contributed by atoms with Crippen LogP contribution in [0.15, 0.2) is 24.3 Å². The van der Waals surface area contributed by atoms with E-state index >= 15 is 0 Å². The van der Waals surface area contributed by atoms with Gasteiger partial charge in [0.25, 0.3) is 0 Å². The van der Waals surface area contributed by atoms with Crippen molar-refractivity contribution in [2.24, 2.45) is 11.7 Å². The second-order valence-corrected chi connectivity index (χ2v) is 6.25. The molecule has 2 aliphatic heterocycles. The van der Waals surface area contributed by atoms with Gasteiger partial charge in [0, 0.05) is 20.0 Å². The number of ether oxygens (including phenoxy) is 2. The number of para-hydroxylation sites is 2. The second kappa shape index (κ2) is 6.88. The lowest BCUT2D eigenvalue weighted by atomic mass is 10.1. The van der Waals surface area contributed by atoms with Crippen molar-refractivity contribution in [3.63, 3.8) is 0 Å². The molecule has 0 spiro atoms. The largest absolute Gasteiger partial charge is 0.350 e. The first kappa shape index (κ1) is 16.9. The smallest absolute Gasteiger partial charge is 0.244 e. The van der Waals surface area contributed by atoms with Gasteiger partial charge in [-0.05, 0) is 12.1 Å². The van der Waals surface area contributed by atoms with E-state index in [9.17, 15) is 9.59 Å². The minimum atomic E-state index is -0.744. The van der Waals surface area contributed by atoms with Crippen molar-refractivity contribution in [1.82, 2.24) is 0 Å². The summed E-state index contributed by atoms with van der Waals surface area (Å²) in [5.74, 6) is -0.553. The average Bonchev–Trinajstić information content (AvgIpc) is 3.07. The topological polar surface area (TPSA) is 85.1 Å². The Bertz CT molecular complexity index is 630. The van der Waals surface area contributed by atoms with Gasteiger partial charge in [-0.25, -0.2) is 0 Å². The normalized spacial score (nSPS) is 23.1. The van der Waals surface area contributed by atoms with Crippen LogP contribution in [-0.4, -0.2) is 51.0 Å². The zero-order valence-corrected chi connectivity index (χ0v) is 14.0. The van der Waals surface area contributed by atoms with Gasteiger partial charge in [-0.15, -0.1) is 0 Å². The molecule has 0 bridgehead atoms. The van der Waals surface area contributed by atoms with Crippen LogP contribution in [0.4, 0.5) is 11.4 Å². The van der Waals surface area contributed by atoms with E-state index in [1.807, 2.05) is 31.2 Å². The number of carbonyl (C=O) groups is 2. The molecule has 3 rings (SSSR count). The standard InChI is InChI=1S/C17H23N3O4/c1-11-10-20(17(22)12(18)9-15-23-7-8-24-15)14-6-4-3-5-13(14)19(2)16(11)21/h3-6,11-12,15H,7-10,18H2,1-2H3. The number of fused-ring (bicyclic) bond motifs is 1. The SMILES string of the molecule is CC1CN(C(=O)C(N)CC2OCCO2)c2ccccc2N(C)C1=O. The molecular weight excluding hydrogens is 310 g/mol. The van der Waals surface area contributed by atoms with Crippen LogP contribution >= 0.6 is 0 Å². The Labute approximate surface area is 141 Å². The molecular formula is C17H23N3O4. The summed E-state index contributed by atoms with van der Waals surface area (Å²) in [4.78, 5) is 28.6. The maximum atomic E-state index is 12.9. The van der Waals surface area contributed by atoms with Gasteiger partial charge in [-0.3, -0.25) is 9.59 Å². The molecule has 0 saturated carbocycles. The van der Waals surface area contributed by atoms with E-state index in [0.29, 0.717) is 37.6 Å². The van der Waals surface area contributed by atoms with Crippen LogP contribution in [0.1, 0.15) is 13.3 Å². The molecule has 24 heavy (non-hydrogen) atoms. The van der Waals surface area contributed by atoms with E-state index in [1.165, 1.54) is 0 Å². The Morgan fingerprint density at radius 2 is 1.92 bits per heavy atom. The second-order valence-electron chi connectivity index (χ2n) is 6.25. The molecule has 2 atom stereocenters. The summed E-state index contributed by atoms with van der Waals surface area (Å²) < 4.78 is 10.8. The first-order valence-corrected chi connectivity index (χ1v) is 8.16. The van der Waals surface area contributed by atoms with Crippen molar-refractivity contribution >= 4 is 23.2 Å². The van der Waals surface area contributed by atoms with E-state index in [-0.39, 0.29) is 17.7 Å². The van der Waals surface area contributed by atoms with Crippen LogP contribution in [0.2, 0.25) is 0 Å². The molecule has 2 aliphatic rings. The summed E-state index contributed by atoms with van der Waals surface area (Å²) in [7, 11) is 1.73. The first-order valence-electron chi connectivity index (χ1n) is 8.16. The molecule has 1 fully saturated rings. The highest BCUT2D eigenvalue weighted by molar-refractivity contribution is 6.06. The Balaban J connectivity index is 1.86. The van der Waals surface area contributed by atoms with E-state index in [4.69, 9.17) is 15.2 Å². The van der Waals surface area contributed by atoms with Gasteiger partial charge < -0.3 is 25.0 Å². The first-order chi connectivity index (χ1) is 11.5. The highest BCUT2D eigenvalue weighted by Gasteiger charge is 2.34. The van der Waals surface area contributed by atoms with E-state index in [2.05, 4.69) is 0 Å². The summed E-state index contributed by atoms with van der Waals surface area (Å²) in [5.41, 5.74) is 7.51. The van der Waals surface area contributed by atoms with Gasteiger partial charge >= 0.3 is 0 Å². The molecule has 2 N–H and O–H groups in total. The molecule has 0 aliphatic carbocycles. The molecule has 2 heterocycles. The minimum absolute atomic E-state index is 0.0196. The Kier molecular flexibility index (Phi) is 4.84. The maximum absolute atomic E-state index is 12.9. The predicted molar refractivity (Wildman–Crippen MR) is 89.7 cm³/mol. The van der Waals surface area contributed by atoms with Gasteiger partial charge in [-0.1, -0.05) is 19.1 Å². The fraction of sp³-hybridized carbons (Fsp3) is 0.529. The van der Waals surface area contributed by atoms with Gasteiger partial charge in [-0.2, -0.15) is 0 Å². The van der Waals surface area contributed by atoms with Gasteiger partial charge in [0.2, 0.25) is 11.8 Å². The molecule has 130 valence electrons. The highest BCUT2D eigenvalue weighted by Crippen LogP contribution is 2.33. The average molecular weight is 333 g/mol. The summed E-state index contributed by atoms with van der Waals surface area (Å²) in [6, 6.07) is 6.63. The Morgan fingerprint density at radius 3 is 2.58 bits per heavy atom. The van der Waals surface area contributed by atoms with Crippen LogP contribution in [0.5, 0.6) is 0 Å². The van der Waals surface area contributed by atoms with Crippen LogP contribution < -0.4 is 15.5 Å². The number of hydrogen-bond donors (Lipinski definition) is 1. The molecule has 2 unspecified atom stereocenters. The van der Waals surface area contributed by atoms with Crippen molar-refractivity contribution in [3.8, 4) is 0 Å². The number of hydrogen-bond acceptors (Lipinski definition) is 5. The van der Waals surface area contributed by atoms with E-state index < -0.39 is 12.3 Å². The molecule has 0 aromatic heterocycles. The van der Waals surface area contributed by atoms with Gasteiger partial charge in [0.1, 0.15) is 0 Å². The molecule has 0 radical (unpaired) electrons. The molecule has 7 nitrogen and oxygen atoms in total. The van der Waals surface area contributed by atoms with Crippen molar-refractivity contribution in [1.29, 1.82) is 0 Å². The van der Waals surface area contributed by atoms with Crippen LogP contribution in [0.3, 0.4) is 0 Å². The van der Waals surface area contributed by atoms with E-state index in [1.54, 1.807) is 16.8 Å². The zero-order chi connectivity index (χ0) is 17.3. The number of rotatable bonds is 3. The molecule has 2 amide bonds. The lowest BCUT2D eigenvalue weighted by molar-refractivity contribution is -0.123. The number of amides is 2. The summed E-state index contributed by atoms with van der Waals surface area (Å²) in [6.45, 7) is 3.17. The third-order valence-corrected chi connectivity index (χ3v) is 4.46. The Morgan fingerprint density at radius 1 is 1.29 bits per heavy atom. The fourth-order valence-electron chi connectivity index (χ4n) is 3.14. The molecule has 1 saturated heterocycles. The summed E-state index contributed by atoms with van der Waals surface area (Å²) in [5, 5.41) is 0. The number of carbonyl (C=O) groups excluding carboxylic acids is 2. The van der Waals surface area contributed by atoms with E-state index in [0.717, 1.165) is 0 Å². The van der Waals surface area contributed by atoms with Crippen LogP contribution in [0, 0.1) is 5.92 Å². The van der Waals surface area contributed by atoms with Crippen molar-refractivity contribution in [2.75, 3.05) is 36.6 Å². The number of nitrogens with zero attached hydrogens (tertiary/aromatic N) is 2. The maximum Gasteiger partial charge on any atom is 0.244 e. The van der Waals surface area contributed by atoms with Gasteiger partial charge in [0.05, 0.1) is 36.5 Å². The van der Waals surface area contributed by atoms with Crippen molar-refractivity contribution < 1.29 is 19.1 Å². The Hall–Kier alpha value is -1.96. The highest BCUT2D eigenvalue weighted by atomic mass is 16.7. The summed E-state index contributed by atoms with van der Waals surface area (Å²) in [6.07, 6.45) is -0.136. The van der Waals surface area contributed by atoms with Crippen molar-refractivity contribution in [3.05, 3.63) is 24.3 Å². The van der Waals surface area contributed by atoms with Crippen LogP contribution in [-0.2, 0) is 19.1 Å². The monoisotopic (exact) mass is 333 g/mol. The fourth-order valence-corrected chi connectivity index (χ4v) is 3.14. The summed E-state index contributed by atoms with van der Waals surface area (Å²) >= 11 is 0. The number of anilines is 2. The van der Waals surface area contributed by atoms with Crippen LogP contribution in [0.25, 0.3) is 0 Å². The molecule has 1 aromatic carbocycles. The predicted octanol–water partition coefficient (Wildman–Crippen LogP) is 0.722. The number of nitrogens with two attached hydrogens (primary N) is 1.